The van der Waals surface area contributed by atoms with Gasteiger partial charge in [0.05, 0.1) is 0 Å². The molecule has 0 aromatic heterocycles. The Hall–Kier alpha value is -1.65. The van der Waals surface area contributed by atoms with Crippen molar-refractivity contribution in [3.63, 3.8) is 0 Å². The first-order chi connectivity index (χ1) is 8.66. The third-order valence-corrected chi connectivity index (χ3v) is 3.03. The van der Waals surface area contributed by atoms with Crippen LogP contribution in [0.2, 0.25) is 0 Å². The highest BCUT2D eigenvalue weighted by molar-refractivity contribution is 9.10. The van der Waals surface area contributed by atoms with Gasteiger partial charge in [-0.05, 0) is 23.8 Å². The van der Waals surface area contributed by atoms with E-state index in [1.54, 1.807) is 0 Å². The molecule has 92 valence electrons. The lowest BCUT2D eigenvalue weighted by atomic mass is 10.1. The second kappa shape index (κ2) is 5.80. The van der Waals surface area contributed by atoms with Crippen LogP contribution < -0.4 is 11.1 Å². The first kappa shape index (κ1) is 12.8. The number of rotatable bonds is 3. The van der Waals surface area contributed by atoms with Gasteiger partial charge in [0.1, 0.15) is 6.04 Å². The predicted octanol–water partition coefficient (Wildman–Crippen LogP) is 3.09. The molecule has 0 saturated carbocycles. The molecule has 0 bridgehead atoms. The lowest BCUT2D eigenvalue weighted by molar-refractivity contribution is -0.117. The molecule has 0 unspecified atom stereocenters. The number of benzene rings is 2. The Bertz CT molecular complexity index is 543. The maximum absolute atomic E-state index is 12.0. The number of nitrogens with one attached hydrogen (secondary N) is 1. The van der Waals surface area contributed by atoms with Gasteiger partial charge in [0.25, 0.3) is 0 Å². The quantitative estimate of drug-likeness (QED) is 0.915. The molecule has 1 amide bonds. The lowest BCUT2D eigenvalue weighted by Gasteiger charge is -2.12. The lowest BCUT2D eigenvalue weighted by Crippen LogP contribution is -2.27. The van der Waals surface area contributed by atoms with Gasteiger partial charge in [-0.3, -0.25) is 4.79 Å². The zero-order valence-electron chi connectivity index (χ0n) is 9.64. The van der Waals surface area contributed by atoms with Crippen molar-refractivity contribution in [1.29, 1.82) is 0 Å². The van der Waals surface area contributed by atoms with Crippen LogP contribution in [0, 0.1) is 0 Å². The fraction of sp³-hybridized carbons (Fsp3) is 0.0714. The van der Waals surface area contributed by atoms with Gasteiger partial charge in [-0.2, -0.15) is 0 Å². The normalized spacial score (nSPS) is 11.9. The van der Waals surface area contributed by atoms with Crippen molar-refractivity contribution in [3.8, 4) is 0 Å². The number of amides is 1. The maximum Gasteiger partial charge on any atom is 0.245 e. The van der Waals surface area contributed by atoms with Gasteiger partial charge < -0.3 is 11.1 Å². The molecule has 0 aliphatic rings. The number of carbonyl (C=O) groups excluding carboxylic acids is 1. The van der Waals surface area contributed by atoms with Crippen LogP contribution in [0.5, 0.6) is 0 Å². The Kier molecular flexibility index (Phi) is 4.12. The summed E-state index contributed by atoms with van der Waals surface area (Å²) < 4.78 is 0.911. The fourth-order valence-corrected chi connectivity index (χ4v) is 2.00. The second-order valence-corrected chi connectivity index (χ2v) is 4.80. The van der Waals surface area contributed by atoms with Crippen molar-refractivity contribution in [3.05, 3.63) is 64.6 Å². The number of halogens is 1. The zero-order valence-corrected chi connectivity index (χ0v) is 11.2. The van der Waals surface area contributed by atoms with Crippen molar-refractivity contribution in [2.75, 3.05) is 5.32 Å². The number of nitrogens with two attached hydrogens (primary N) is 1. The number of anilines is 1. The van der Waals surface area contributed by atoms with E-state index in [2.05, 4.69) is 21.2 Å². The Labute approximate surface area is 114 Å². The van der Waals surface area contributed by atoms with Crippen molar-refractivity contribution < 1.29 is 4.79 Å². The highest BCUT2D eigenvalue weighted by Gasteiger charge is 2.15. The third-order valence-electron chi connectivity index (χ3n) is 2.53. The van der Waals surface area contributed by atoms with Crippen molar-refractivity contribution >= 4 is 27.5 Å². The first-order valence-corrected chi connectivity index (χ1v) is 6.33. The highest BCUT2D eigenvalue weighted by atomic mass is 79.9. The van der Waals surface area contributed by atoms with E-state index in [1.165, 1.54) is 0 Å². The van der Waals surface area contributed by atoms with Gasteiger partial charge in [-0.15, -0.1) is 0 Å². The molecule has 2 rings (SSSR count). The minimum absolute atomic E-state index is 0.223. The molecule has 2 aromatic carbocycles. The Morgan fingerprint density at radius 3 is 2.50 bits per heavy atom. The summed E-state index contributed by atoms with van der Waals surface area (Å²) in [6, 6.07) is 16.0. The Balaban J connectivity index is 2.09. The van der Waals surface area contributed by atoms with E-state index >= 15 is 0 Å². The monoisotopic (exact) mass is 304 g/mol. The number of carbonyl (C=O) groups is 1. The molecule has 2 aromatic rings. The molecule has 0 aliphatic heterocycles. The largest absolute Gasteiger partial charge is 0.324 e. The van der Waals surface area contributed by atoms with E-state index < -0.39 is 6.04 Å². The predicted molar refractivity (Wildman–Crippen MR) is 76.1 cm³/mol. The molecule has 0 radical (unpaired) electrons. The zero-order chi connectivity index (χ0) is 13.0. The minimum atomic E-state index is -0.662. The van der Waals surface area contributed by atoms with Crippen LogP contribution in [0.15, 0.2) is 59.1 Å². The summed E-state index contributed by atoms with van der Waals surface area (Å²) in [7, 11) is 0. The van der Waals surface area contributed by atoms with Gasteiger partial charge in [0.2, 0.25) is 5.91 Å². The molecule has 0 aliphatic carbocycles. The average molecular weight is 305 g/mol. The van der Waals surface area contributed by atoms with Crippen LogP contribution in [0.4, 0.5) is 5.69 Å². The topological polar surface area (TPSA) is 55.1 Å². The molecule has 0 heterocycles. The van der Waals surface area contributed by atoms with Crippen molar-refractivity contribution in [1.82, 2.24) is 0 Å². The molecule has 18 heavy (non-hydrogen) atoms. The SMILES string of the molecule is N[C@H](C(=O)Nc1cccc(Br)c1)c1ccccc1. The first-order valence-electron chi connectivity index (χ1n) is 5.54. The standard InChI is InChI=1S/C14H13BrN2O/c15-11-7-4-8-12(9-11)17-14(18)13(16)10-5-2-1-3-6-10/h1-9,13H,16H2,(H,17,18)/t13-/m0/s1. The Morgan fingerprint density at radius 1 is 1.11 bits per heavy atom. The minimum Gasteiger partial charge on any atom is -0.324 e. The summed E-state index contributed by atoms with van der Waals surface area (Å²) in [6.45, 7) is 0. The summed E-state index contributed by atoms with van der Waals surface area (Å²) in [5, 5.41) is 2.79. The maximum atomic E-state index is 12.0. The highest BCUT2D eigenvalue weighted by Crippen LogP contribution is 2.17. The second-order valence-electron chi connectivity index (χ2n) is 3.89. The van der Waals surface area contributed by atoms with Gasteiger partial charge in [-0.25, -0.2) is 0 Å². The van der Waals surface area contributed by atoms with Gasteiger partial charge in [0.15, 0.2) is 0 Å². The molecular formula is C14H13BrN2O. The van der Waals surface area contributed by atoms with E-state index in [-0.39, 0.29) is 5.91 Å². The van der Waals surface area contributed by atoms with E-state index in [0.29, 0.717) is 0 Å². The molecule has 4 heteroatoms. The number of hydrogen-bond donors (Lipinski definition) is 2. The summed E-state index contributed by atoms with van der Waals surface area (Å²) in [5.74, 6) is -0.223. The van der Waals surface area contributed by atoms with Gasteiger partial charge in [0, 0.05) is 10.2 Å². The molecule has 3 nitrogen and oxygen atoms in total. The average Bonchev–Trinajstić information content (AvgIpc) is 2.39. The summed E-state index contributed by atoms with van der Waals surface area (Å²) >= 11 is 3.35. The number of hydrogen-bond acceptors (Lipinski definition) is 2. The van der Waals surface area contributed by atoms with Crippen LogP contribution in [0.1, 0.15) is 11.6 Å². The molecule has 0 saturated heterocycles. The van der Waals surface area contributed by atoms with E-state index in [4.69, 9.17) is 5.73 Å². The Morgan fingerprint density at radius 2 is 1.83 bits per heavy atom. The van der Waals surface area contributed by atoms with Crippen LogP contribution >= 0.6 is 15.9 Å². The van der Waals surface area contributed by atoms with Crippen molar-refractivity contribution in [2.24, 2.45) is 5.73 Å². The van der Waals surface area contributed by atoms with Crippen LogP contribution in [0.25, 0.3) is 0 Å². The van der Waals surface area contributed by atoms with Crippen LogP contribution in [-0.4, -0.2) is 5.91 Å². The fourth-order valence-electron chi connectivity index (χ4n) is 1.60. The summed E-state index contributed by atoms with van der Waals surface area (Å²) in [5.41, 5.74) is 7.42. The molecule has 0 fully saturated rings. The van der Waals surface area contributed by atoms with Gasteiger partial charge >= 0.3 is 0 Å². The molecule has 3 N–H and O–H groups in total. The van der Waals surface area contributed by atoms with Crippen LogP contribution in [0.3, 0.4) is 0 Å². The van der Waals surface area contributed by atoms with Crippen molar-refractivity contribution in [2.45, 2.75) is 6.04 Å². The van der Waals surface area contributed by atoms with E-state index in [0.717, 1.165) is 15.7 Å². The van der Waals surface area contributed by atoms with E-state index in [1.807, 2.05) is 54.6 Å². The van der Waals surface area contributed by atoms with Crippen LogP contribution in [-0.2, 0) is 4.79 Å². The van der Waals surface area contributed by atoms with Gasteiger partial charge in [-0.1, -0.05) is 52.3 Å². The summed E-state index contributed by atoms with van der Waals surface area (Å²) in [6.07, 6.45) is 0. The molecular weight excluding hydrogens is 292 g/mol. The molecule has 1 atom stereocenters. The smallest absolute Gasteiger partial charge is 0.245 e. The third kappa shape index (κ3) is 3.18. The van der Waals surface area contributed by atoms with E-state index in [9.17, 15) is 4.79 Å². The summed E-state index contributed by atoms with van der Waals surface area (Å²) in [4.78, 5) is 12.0. The molecule has 0 spiro atoms.